The maximum atomic E-state index is 15.1. The van der Waals surface area contributed by atoms with Gasteiger partial charge in [0.05, 0.1) is 29.4 Å². The second kappa shape index (κ2) is 14.1. The predicted molar refractivity (Wildman–Crippen MR) is 197 cm³/mol. The van der Waals surface area contributed by atoms with E-state index in [2.05, 4.69) is 15.2 Å². The van der Waals surface area contributed by atoms with Crippen LogP contribution in [-0.4, -0.2) is 66.0 Å². The van der Waals surface area contributed by atoms with Crippen molar-refractivity contribution in [2.45, 2.75) is 102 Å². The van der Waals surface area contributed by atoms with Crippen LogP contribution in [0.1, 0.15) is 95.6 Å². The van der Waals surface area contributed by atoms with E-state index < -0.39 is 77.2 Å². The Morgan fingerprint density at radius 1 is 0.966 bits per heavy atom. The summed E-state index contributed by atoms with van der Waals surface area (Å²) >= 11 is 6.46. The number of aliphatic imine (C=N–C) groups is 1. The third kappa shape index (κ3) is 7.32. The van der Waals surface area contributed by atoms with Gasteiger partial charge in [0.15, 0.2) is 22.9 Å². The standard InChI is InChI=1S/C39H40ClF7N8O3/c1-34(2,3)20-38(25-8-5-22(6-9-25)24-17-50-53(18-24)37(13-14-37)39(45,46)47)32(57)54(33(48)52-38)28(19-58-29(56)16-36(11-12-36)35(4,43)44)23-7-10-26(40)27(15-23)55-31(30(41)42)49-21-51-55/h5-10,15,17-18,21,28,30H,11-14,16,19-20H2,1-4H3,(H2,48,52)/t28-,38-/m1/s1. The first kappa shape index (κ1) is 41.2. The van der Waals surface area contributed by atoms with Crippen LogP contribution in [0, 0.1) is 10.8 Å². The van der Waals surface area contributed by atoms with Crippen molar-refractivity contribution >= 4 is 29.4 Å². The molecule has 2 aromatic heterocycles. The Labute approximate surface area is 333 Å². The number of esters is 1. The lowest BCUT2D eigenvalue weighted by molar-refractivity contribution is -0.182. The second-order valence-electron chi connectivity index (χ2n) is 16.6. The van der Waals surface area contributed by atoms with Crippen molar-refractivity contribution in [3.63, 3.8) is 0 Å². The van der Waals surface area contributed by atoms with E-state index in [1.54, 1.807) is 24.3 Å². The van der Waals surface area contributed by atoms with Gasteiger partial charge < -0.3 is 10.5 Å². The molecule has 4 aromatic rings. The minimum Gasteiger partial charge on any atom is -0.463 e. The third-order valence-electron chi connectivity index (χ3n) is 11.2. The van der Waals surface area contributed by atoms with Crippen molar-refractivity contribution in [1.29, 1.82) is 0 Å². The normalized spacial score (nSPS) is 20.7. The summed E-state index contributed by atoms with van der Waals surface area (Å²) in [5, 5.41) is 7.90. The van der Waals surface area contributed by atoms with Crippen molar-refractivity contribution in [1.82, 2.24) is 29.4 Å². The highest BCUT2D eigenvalue weighted by Gasteiger charge is 2.66. The van der Waals surface area contributed by atoms with Gasteiger partial charge in [-0.25, -0.2) is 32.2 Å². The molecule has 58 heavy (non-hydrogen) atoms. The van der Waals surface area contributed by atoms with Crippen LogP contribution in [0.15, 0.2) is 66.2 Å². The van der Waals surface area contributed by atoms with E-state index in [1.165, 1.54) is 30.6 Å². The summed E-state index contributed by atoms with van der Waals surface area (Å²) in [6, 6.07) is 9.43. The van der Waals surface area contributed by atoms with Crippen LogP contribution in [-0.2, 0) is 25.4 Å². The molecular formula is C39H40ClF7N8O3. The number of aromatic nitrogens is 5. The highest BCUT2D eigenvalue weighted by Crippen LogP contribution is 2.59. The van der Waals surface area contributed by atoms with Crippen LogP contribution < -0.4 is 5.73 Å². The van der Waals surface area contributed by atoms with E-state index in [1.807, 2.05) is 20.8 Å². The van der Waals surface area contributed by atoms with Gasteiger partial charge >= 0.3 is 12.1 Å². The van der Waals surface area contributed by atoms with Gasteiger partial charge in [-0.1, -0.05) is 62.7 Å². The topological polar surface area (TPSA) is 134 Å². The number of benzene rings is 2. The van der Waals surface area contributed by atoms with Crippen LogP contribution in [0.25, 0.3) is 16.8 Å². The summed E-state index contributed by atoms with van der Waals surface area (Å²) in [7, 11) is 0. The smallest absolute Gasteiger partial charge is 0.413 e. The molecule has 3 heterocycles. The van der Waals surface area contributed by atoms with Crippen molar-refractivity contribution in [2.75, 3.05) is 6.61 Å². The summed E-state index contributed by atoms with van der Waals surface area (Å²) in [6.45, 7) is 5.80. The number of halogens is 8. The number of ether oxygens (including phenoxy) is 1. The van der Waals surface area contributed by atoms with E-state index in [9.17, 15) is 35.5 Å². The molecule has 7 rings (SSSR count). The molecular weight excluding hydrogens is 797 g/mol. The fourth-order valence-electron chi connectivity index (χ4n) is 7.70. The molecule has 19 heteroatoms. The number of amides is 1. The number of alkyl halides is 7. The van der Waals surface area contributed by atoms with E-state index >= 15 is 4.79 Å². The summed E-state index contributed by atoms with van der Waals surface area (Å²) in [5.74, 6) is -5.75. The van der Waals surface area contributed by atoms with Crippen LogP contribution in [0.4, 0.5) is 30.7 Å². The maximum Gasteiger partial charge on any atom is 0.413 e. The molecule has 0 saturated heterocycles. The number of hydrogen-bond acceptors (Lipinski definition) is 8. The fraction of sp³-hybridized carbons (Fsp3) is 0.487. The maximum absolute atomic E-state index is 15.1. The minimum absolute atomic E-state index is 0.0134. The quantitative estimate of drug-likeness (QED) is 0.105. The first-order chi connectivity index (χ1) is 27.0. The first-order valence-electron chi connectivity index (χ1n) is 18.4. The Balaban J connectivity index is 1.25. The molecule has 1 amide bonds. The van der Waals surface area contributed by atoms with Crippen LogP contribution >= 0.6 is 11.6 Å². The lowest BCUT2D eigenvalue weighted by atomic mass is 9.75. The van der Waals surface area contributed by atoms with Crippen LogP contribution in [0.5, 0.6) is 0 Å². The van der Waals surface area contributed by atoms with Gasteiger partial charge in [0.2, 0.25) is 0 Å². The molecule has 2 atom stereocenters. The largest absolute Gasteiger partial charge is 0.463 e. The van der Waals surface area contributed by atoms with Gasteiger partial charge in [0, 0.05) is 17.2 Å². The molecule has 2 aromatic carbocycles. The van der Waals surface area contributed by atoms with Crippen molar-refractivity contribution in [3.05, 3.63) is 83.2 Å². The Morgan fingerprint density at radius 3 is 2.21 bits per heavy atom. The van der Waals surface area contributed by atoms with Gasteiger partial charge in [0.1, 0.15) is 12.9 Å². The minimum atomic E-state index is -4.47. The number of carbonyl (C=O) groups excluding carboxylic acids is 2. The van der Waals surface area contributed by atoms with Gasteiger partial charge in [-0.05, 0) is 73.3 Å². The zero-order valence-corrected chi connectivity index (χ0v) is 32.6. The molecule has 2 fully saturated rings. The SMILES string of the molecule is CC(C)(C)C[C@]1(c2ccc(-c3cnn(C4(C(F)(F)F)CC4)c3)cc2)N=C(N)N([C@H](COC(=O)CC2(C(C)(F)F)CC2)c2ccc(Cl)c(-n3ncnc3C(F)F)c2)C1=O. The van der Waals surface area contributed by atoms with Crippen molar-refractivity contribution < 1.29 is 45.1 Å². The van der Waals surface area contributed by atoms with E-state index in [-0.39, 0.29) is 54.3 Å². The Hall–Kier alpha value is -5.00. The van der Waals surface area contributed by atoms with E-state index in [0.717, 1.165) is 27.5 Å². The molecule has 0 bridgehead atoms. The summed E-state index contributed by atoms with van der Waals surface area (Å²) in [4.78, 5) is 37.7. The highest BCUT2D eigenvalue weighted by atomic mass is 35.5. The zero-order chi connectivity index (χ0) is 42.2. The number of nitrogens with two attached hydrogens (primary N) is 1. The first-order valence-corrected chi connectivity index (χ1v) is 18.8. The predicted octanol–water partition coefficient (Wildman–Crippen LogP) is 8.67. The number of nitrogens with zero attached hydrogens (tertiary/aromatic N) is 7. The van der Waals surface area contributed by atoms with Crippen molar-refractivity contribution in [3.8, 4) is 16.8 Å². The zero-order valence-electron chi connectivity index (χ0n) is 31.8. The fourth-order valence-corrected chi connectivity index (χ4v) is 7.90. The Morgan fingerprint density at radius 2 is 1.64 bits per heavy atom. The average molecular weight is 837 g/mol. The number of carbonyl (C=O) groups is 2. The lowest BCUT2D eigenvalue weighted by Gasteiger charge is -2.35. The molecule has 2 saturated carbocycles. The van der Waals surface area contributed by atoms with Crippen molar-refractivity contribution in [2.24, 2.45) is 21.6 Å². The van der Waals surface area contributed by atoms with Crippen LogP contribution in [0.2, 0.25) is 5.02 Å². The molecule has 0 radical (unpaired) electrons. The number of hydrogen-bond donors (Lipinski definition) is 1. The van der Waals surface area contributed by atoms with Gasteiger partial charge in [-0.2, -0.15) is 23.4 Å². The molecule has 0 spiro atoms. The Bertz CT molecular complexity index is 2250. The molecule has 2 N–H and O–H groups in total. The average Bonchev–Trinajstić information content (AvgIpc) is 3.97. The monoisotopic (exact) mass is 836 g/mol. The molecule has 11 nitrogen and oxygen atoms in total. The lowest BCUT2D eigenvalue weighted by Crippen LogP contribution is -2.47. The number of guanidine groups is 1. The van der Waals surface area contributed by atoms with Gasteiger partial charge in [-0.3, -0.25) is 19.2 Å². The van der Waals surface area contributed by atoms with E-state index in [0.29, 0.717) is 16.7 Å². The summed E-state index contributed by atoms with van der Waals surface area (Å²) in [5.41, 5.74) is 2.26. The highest BCUT2D eigenvalue weighted by molar-refractivity contribution is 6.32. The summed E-state index contributed by atoms with van der Waals surface area (Å²) < 4.78 is 105. The molecule has 2 aliphatic carbocycles. The van der Waals surface area contributed by atoms with E-state index in [4.69, 9.17) is 27.1 Å². The Kier molecular flexibility index (Phi) is 10.00. The molecule has 1 aliphatic heterocycles. The summed E-state index contributed by atoms with van der Waals surface area (Å²) in [6.07, 6.45) is -4.31. The third-order valence-corrected chi connectivity index (χ3v) is 11.5. The van der Waals surface area contributed by atoms with Crippen LogP contribution in [0.3, 0.4) is 0 Å². The van der Waals surface area contributed by atoms with Gasteiger partial charge in [-0.15, -0.1) is 0 Å². The molecule has 0 unspecified atom stereocenters. The number of rotatable bonds is 13. The molecule has 310 valence electrons. The molecule has 3 aliphatic rings. The second-order valence-corrected chi connectivity index (χ2v) is 17.0. The van der Waals surface area contributed by atoms with Gasteiger partial charge in [0.25, 0.3) is 18.3 Å².